The highest BCUT2D eigenvalue weighted by molar-refractivity contribution is 7.90. The third-order valence-corrected chi connectivity index (χ3v) is 6.22. The van der Waals surface area contributed by atoms with Crippen molar-refractivity contribution in [1.82, 2.24) is 19.7 Å². The van der Waals surface area contributed by atoms with Crippen LogP contribution in [-0.2, 0) is 23.3 Å². The number of nitrogens with zero attached hydrogens (tertiary/aromatic N) is 5. The van der Waals surface area contributed by atoms with Gasteiger partial charge in [0, 0.05) is 24.0 Å². The van der Waals surface area contributed by atoms with E-state index < -0.39 is 29.4 Å². The van der Waals surface area contributed by atoms with Crippen molar-refractivity contribution in [2.24, 2.45) is 0 Å². The fourth-order valence-corrected chi connectivity index (χ4v) is 4.40. The molecule has 4 heterocycles. The number of anilines is 1. The van der Waals surface area contributed by atoms with Crippen LogP contribution in [0.2, 0.25) is 0 Å². The Labute approximate surface area is 185 Å². The molecule has 4 rings (SSSR count). The summed E-state index contributed by atoms with van der Waals surface area (Å²) < 4.78 is 50.8. The number of amides is 1. The third-order valence-electron chi connectivity index (χ3n) is 5.33. The van der Waals surface area contributed by atoms with Crippen LogP contribution in [0, 0.1) is 6.92 Å². The summed E-state index contributed by atoms with van der Waals surface area (Å²) in [4.78, 5) is 24.1. The van der Waals surface area contributed by atoms with Gasteiger partial charge < -0.3 is 4.55 Å². The van der Waals surface area contributed by atoms with Crippen molar-refractivity contribution >= 4 is 22.8 Å². The molecule has 0 N–H and O–H groups in total. The second-order valence-corrected chi connectivity index (χ2v) is 9.50. The molecule has 0 aliphatic carbocycles. The molecule has 32 heavy (non-hydrogen) atoms. The van der Waals surface area contributed by atoms with Crippen molar-refractivity contribution in [2.45, 2.75) is 43.9 Å². The van der Waals surface area contributed by atoms with Gasteiger partial charge in [-0.2, -0.15) is 18.3 Å². The summed E-state index contributed by atoms with van der Waals surface area (Å²) >= 11 is -1.22. The molecule has 0 saturated heterocycles. The number of alkyl halides is 3. The number of aromatic nitrogens is 4. The van der Waals surface area contributed by atoms with Crippen molar-refractivity contribution in [1.29, 1.82) is 0 Å². The van der Waals surface area contributed by atoms with Gasteiger partial charge in [-0.25, -0.2) is 4.98 Å². The lowest BCUT2D eigenvalue weighted by Crippen LogP contribution is -2.39. The first-order chi connectivity index (χ1) is 14.9. The average molecular weight is 463 g/mol. The Bertz CT molecular complexity index is 1210. The Kier molecular flexibility index (Phi) is 5.29. The van der Waals surface area contributed by atoms with Crippen LogP contribution < -0.4 is 4.90 Å². The van der Waals surface area contributed by atoms with Crippen molar-refractivity contribution in [3.05, 3.63) is 53.7 Å². The maximum atomic E-state index is 13.3. The number of fused-ring (bicyclic) bond motifs is 1. The highest BCUT2D eigenvalue weighted by Gasteiger charge is 2.47. The van der Waals surface area contributed by atoms with Gasteiger partial charge in [0.2, 0.25) is 0 Å². The van der Waals surface area contributed by atoms with Crippen LogP contribution in [0.1, 0.15) is 35.5 Å². The lowest BCUT2D eigenvalue weighted by molar-refractivity contribution is -0.142. The Morgan fingerprint density at radius 1 is 1.19 bits per heavy atom. The van der Waals surface area contributed by atoms with Gasteiger partial charge in [0.25, 0.3) is 5.91 Å². The molecule has 0 bridgehead atoms. The van der Waals surface area contributed by atoms with E-state index in [4.69, 9.17) is 4.98 Å². The molecule has 0 saturated carbocycles. The monoisotopic (exact) mass is 463 g/mol. The number of pyridine rings is 2. The molecule has 3 aromatic heterocycles. The number of hydrogen-bond donors (Lipinski definition) is 0. The second-order valence-electron chi connectivity index (χ2n) is 8.12. The normalized spacial score (nSPS) is 16.4. The number of carbonyl (C=O) groups is 1. The first kappa shape index (κ1) is 22.3. The van der Waals surface area contributed by atoms with Crippen LogP contribution >= 0.6 is 0 Å². The van der Waals surface area contributed by atoms with E-state index in [1.807, 2.05) is 0 Å². The zero-order valence-electron chi connectivity index (χ0n) is 17.8. The Morgan fingerprint density at radius 2 is 1.91 bits per heavy atom. The summed E-state index contributed by atoms with van der Waals surface area (Å²) in [5.41, 5.74) is 2.14. The lowest BCUT2D eigenvalue weighted by Gasteiger charge is -2.30. The summed E-state index contributed by atoms with van der Waals surface area (Å²) in [6.45, 7) is 4.10. The second kappa shape index (κ2) is 7.59. The molecule has 7 nitrogen and oxygen atoms in total. The quantitative estimate of drug-likeness (QED) is 0.549. The molecule has 168 valence electrons. The SMILES string of the molecule is Cc1cc(-c2cncc([S+](C)[O-])c2)nc2c1C(=O)N(c1cnn(CC(F)(F)F)c1)C2(C)C. The number of aryl methyl sites for hydroxylation is 1. The van der Waals surface area contributed by atoms with E-state index in [0.717, 1.165) is 4.68 Å². The molecule has 0 fully saturated rings. The van der Waals surface area contributed by atoms with Crippen molar-refractivity contribution in [2.75, 3.05) is 11.2 Å². The minimum absolute atomic E-state index is 0.258. The fraction of sp³-hybridized carbons (Fsp3) is 0.333. The highest BCUT2D eigenvalue weighted by Crippen LogP contribution is 2.43. The molecule has 1 aliphatic rings. The predicted molar refractivity (Wildman–Crippen MR) is 113 cm³/mol. The third kappa shape index (κ3) is 3.86. The van der Waals surface area contributed by atoms with Crippen LogP contribution in [0.15, 0.2) is 41.8 Å². The number of carbonyl (C=O) groups excluding carboxylic acids is 1. The van der Waals surface area contributed by atoms with Crippen LogP contribution in [0.25, 0.3) is 11.3 Å². The van der Waals surface area contributed by atoms with E-state index in [2.05, 4.69) is 10.1 Å². The Hall–Kier alpha value is -2.92. The van der Waals surface area contributed by atoms with Crippen molar-refractivity contribution < 1.29 is 22.5 Å². The zero-order chi connectivity index (χ0) is 23.4. The minimum Gasteiger partial charge on any atom is -0.612 e. The molecule has 0 spiro atoms. The molecule has 1 aliphatic heterocycles. The Balaban J connectivity index is 1.77. The molecule has 1 amide bonds. The topological polar surface area (TPSA) is 87.0 Å². The summed E-state index contributed by atoms with van der Waals surface area (Å²) in [7, 11) is 0. The van der Waals surface area contributed by atoms with E-state index in [1.54, 1.807) is 45.4 Å². The number of halogens is 3. The van der Waals surface area contributed by atoms with E-state index in [-0.39, 0.29) is 11.6 Å². The van der Waals surface area contributed by atoms with Crippen molar-refractivity contribution in [3.8, 4) is 11.3 Å². The Morgan fingerprint density at radius 3 is 2.56 bits per heavy atom. The van der Waals surface area contributed by atoms with Gasteiger partial charge in [-0.05, 0) is 43.6 Å². The smallest absolute Gasteiger partial charge is 0.408 e. The molecular weight excluding hydrogens is 443 g/mol. The summed E-state index contributed by atoms with van der Waals surface area (Å²) in [6.07, 6.45) is 2.72. The van der Waals surface area contributed by atoms with Crippen LogP contribution in [0.4, 0.5) is 18.9 Å². The van der Waals surface area contributed by atoms with E-state index in [1.165, 1.54) is 23.5 Å². The standard InChI is InChI=1S/C21H20F3N5O2S/c1-12-5-16(13-6-15(32(4)31)9-25-7-13)27-18-17(12)19(30)29(20(18,2)3)14-8-26-28(10-14)11-21(22,23)24/h5-10H,11H2,1-4H3. The van der Waals surface area contributed by atoms with Crippen LogP contribution in [0.5, 0.6) is 0 Å². The maximum absolute atomic E-state index is 13.3. The number of hydrogen-bond acceptors (Lipinski definition) is 5. The van der Waals surface area contributed by atoms with Gasteiger partial charge in [0.1, 0.15) is 12.8 Å². The summed E-state index contributed by atoms with van der Waals surface area (Å²) in [5, 5.41) is 3.77. The highest BCUT2D eigenvalue weighted by atomic mass is 32.2. The van der Waals surface area contributed by atoms with Crippen LogP contribution in [-0.4, -0.2) is 42.6 Å². The first-order valence-corrected chi connectivity index (χ1v) is 11.2. The van der Waals surface area contributed by atoms with Gasteiger partial charge in [-0.1, -0.05) is 0 Å². The van der Waals surface area contributed by atoms with Gasteiger partial charge >= 0.3 is 6.18 Å². The van der Waals surface area contributed by atoms with Crippen LogP contribution in [0.3, 0.4) is 0 Å². The molecular formula is C21H20F3N5O2S. The van der Waals surface area contributed by atoms with Gasteiger partial charge in [-0.3, -0.25) is 19.4 Å². The van der Waals surface area contributed by atoms with Gasteiger partial charge in [0.05, 0.1) is 40.6 Å². The average Bonchev–Trinajstić information content (AvgIpc) is 3.20. The summed E-state index contributed by atoms with van der Waals surface area (Å²) in [5.74, 6) is -0.352. The molecule has 1 atom stereocenters. The molecule has 0 aromatic carbocycles. The van der Waals surface area contributed by atoms with E-state index in [9.17, 15) is 22.5 Å². The van der Waals surface area contributed by atoms with Crippen molar-refractivity contribution in [3.63, 3.8) is 0 Å². The molecule has 0 radical (unpaired) electrons. The summed E-state index contributed by atoms with van der Waals surface area (Å²) in [6, 6.07) is 3.49. The molecule has 1 unspecified atom stereocenters. The fourth-order valence-electron chi connectivity index (χ4n) is 3.90. The predicted octanol–water partition coefficient (Wildman–Crippen LogP) is 3.84. The maximum Gasteiger partial charge on any atom is 0.408 e. The first-order valence-electron chi connectivity index (χ1n) is 9.63. The van der Waals surface area contributed by atoms with E-state index in [0.29, 0.717) is 33.0 Å². The largest absolute Gasteiger partial charge is 0.612 e. The van der Waals surface area contributed by atoms with E-state index >= 15 is 0 Å². The van der Waals surface area contributed by atoms with Gasteiger partial charge in [-0.15, -0.1) is 0 Å². The molecule has 11 heteroatoms. The number of rotatable bonds is 4. The lowest BCUT2D eigenvalue weighted by atomic mass is 9.96. The van der Waals surface area contributed by atoms with Gasteiger partial charge in [0.15, 0.2) is 4.90 Å². The molecule has 3 aromatic rings. The minimum atomic E-state index is -4.42. The zero-order valence-corrected chi connectivity index (χ0v) is 18.6.